The van der Waals surface area contributed by atoms with Crippen molar-refractivity contribution < 1.29 is 19.1 Å². The Bertz CT molecular complexity index is 689. The van der Waals surface area contributed by atoms with Crippen LogP contribution in [-0.4, -0.2) is 17.8 Å². The van der Waals surface area contributed by atoms with Crippen molar-refractivity contribution in [3.8, 4) is 5.75 Å². The predicted octanol–water partition coefficient (Wildman–Crippen LogP) is 2.31. The third-order valence-electron chi connectivity index (χ3n) is 5.12. The van der Waals surface area contributed by atoms with Crippen molar-refractivity contribution in [1.82, 2.24) is 0 Å². The Morgan fingerprint density at radius 1 is 1.00 bits per heavy atom. The first-order chi connectivity index (χ1) is 11.1. The van der Waals surface area contributed by atoms with Crippen molar-refractivity contribution in [2.24, 2.45) is 23.7 Å². The van der Waals surface area contributed by atoms with Gasteiger partial charge >= 0.3 is 5.97 Å². The Morgan fingerprint density at radius 3 is 1.96 bits per heavy atom. The molecule has 0 radical (unpaired) electrons. The number of imide groups is 1. The van der Waals surface area contributed by atoms with E-state index >= 15 is 0 Å². The monoisotopic (exact) mass is 311 g/mol. The Kier molecular flexibility index (Phi) is 3.11. The molecule has 1 saturated heterocycles. The average Bonchev–Trinajstić information content (AvgIpc) is 2.83. The summed E-state index contributed by atoms with van der Waals surface area (Å²) in [5.41, 5.74) is 0.546. The molecule has 1 aromatic rings. The number of fused-ring (bicyclic) bond motifs is 1. The maximum Gasteiger partial charge on any atom is 0.308 e. The summed E-state index contributed by atoms with van der Waals surface area (Å²) in [4.78, 5) is 37.8. The fourth-order valence-corrected chi connectivity index (χ4v) is 4.16. The minimum Gasteiger partial charge on any atom is -0.427 e. The van der Waals surface area contributed by atoms with Crippen molar-refractivity contribution in [3.05, 3.63) is 36.4 Å². The van der Waals surface area contributed by atoms with E-state index in [9.17, 15) is 14.4 Å². The summed E-state index contributed by atoms with van der Waals surface area (Å²) >= 11 is 0. The zero-order chi connectivity index (χ0) is 16.1. The third kappa shape index (κ3) is 2.11. The number of benzene rings is 1. The lowest BCUT2D eigenvalue weighted by molar-refractivity contribution is -0.132. The first-order valence-corrected chi connectivity index (χ1v) is 7.91. The van der Waals surface area contributed by atoms with Crippen molar-refractivity contribution in [1.29, 1.82) is 0 Å². The van der Waals surface area contributed by atoms with Gasteiger partial charge in [-0.1, -0.05) is 12.2 Å². The second-order valence-corrected chi connectivity index (χ2v) is 6.44. The Morgan fingerprint density at radius 2 is 1.52 bits per heavy atom. The van der Waals surface area contributed by atoms with Crippen LogP contribution < -0.4 is 9.64 Å². The molecule has 0 N–H and O–H groups in total. The summed E-state index contributed by atoms with van der Waals surface area (Å²) in [7, 11) is 0. The predicted molar refractivity (Wildman–Crippen MR) is 82.6 cm³/mol. The smallest absolute Gasteiger partial charge is 0.308 e. The lowest BCUT2D eigenvalue weighted by Crippen LogP contribution is -2.38. The van der Waals surface area contributed by atoms with E-state index < -0.39 is 5.97 Å². The van der Waals surface area contributed by atoms with Crippen LogP contribution in [0.1, 0.15) is 19.8 Å². The van der Waals surface area contributed by atoms with Gasteiger partial charge in [0.1, 0.15) is 5.75 Å². The Balaban J connectivity index is 1.64. The van der Waals surface area contributed by atoms with E-state index in [-0.39, 0.29) is 35.5 Å². The molecule has 5 rings (SSSR count). The molecule has 1 aromatic carbocycles. The van der Waals surface area contributed by atoms with Crippen LogP contribution in [0.2, 0.25) is 0 Å². The SMILES string of the molecule is CC(=O)Oc1ccc(N2C(=O)[C@@H]3[C@H](C2=O)[C@@H]2C=C[C@@H]3CC2)cc1. The normalized spacial score (nSPS) is 31.4. The van der Waals surface area contributed by atoms with E-state index in [0.29, 0.717) is 11.4 Å². The Labute approximate surface area is 133 Å². The summed E-state index contributed by atoms with van der Waals surface area (Å²) in [6, 6.07) is 6.51. The van der Waals surface area contributed by atoms with E-state index in [1.807, 2.05) is 0 Å². The molecular weight excluding hydrogens is 294 g/mol. The summed E-state index contributed by atoms with van der Waals surface area (Å²) in [6.45, 7) is 1.33. The van der Waals surface area contributed by atoms with Crippen LogP contribution in [0, 0.1) is 23.7 Å². The zero-order valence-electron chi connectivity index (χ0n) is 12.8. The molecule has 0 spiro atoms. The van der Waals surface area contributed by atoms with Crippen LogP contribution in [-0.2, 0) is 14.4 Å². The van der Waals surface area contributed by atoms with E-state index in [0.717, 1.165) is 12.8 Å². The highest BCUT2D eigenvalue weighted by Crippen LogP contribution is 2.50. The van der Waals surface area contributed by atoms with Crippen LogP contribution >= 0.6 is 0 Å². The van der Waals surface area contributed by atoms with Gasteiger partial charge in [0.2, 0.25) is 11.8 Å². The number of hydrogen-bond donors (Lipinski definition) is 0. The lowest BCUT2D eigenvalue weighted by Gasteiger charge is -2.38. The Hall–Kier alpha value is -2.43. The molecule has 2 fully saturated rings. The molecule has 2 amide bonds. The van der Waals surface area contributed by atoms with E-state index in [2.05, 4.69) is 12.2 Å². The van der Waals surface area contributed by atoms with Crippen molar-refractivity contribution in [3.63, 3.8) is 0 Å². The van der Waals surface area contributed by atoms with Gasteiger partial charge in [0.05, 0.1) is 17.5 Å². The number of carbonyl (C=O) groups excluding carboxylic acids is 3. The minimum atomic E-state index is -0.403. The largest absolute Gasteiger partial charge is 0.427 e. The van der Waals surface area contributed by atoms with E-state index in [1.54, 1.807) is 24.3 Å². The van der Waals surface area contributed by atoms with Crippen LogP contribution in [0.4, 0.5) is 5.69 Å². The molecule has 1 aliphatic heterocycles. The molecule has 2 bridgehead atoms. The molecule has 118 valence electrons. The maximum absolute atomic E-state index is 12.8. The van der Waals surface area contributed by atoms with Crippen LogP contribution in [0.25, 0.3) is 0 Å². The van der Waals surface area contributed by atoms with Gasteiger partial charge in [-0.15, -0.1) is 0 Å². The first-order valence-electron chi connectivity index (χ1n) is 7.91. The fraction of sp³-hybridized carbons (Fsp3) is 0.389. The number of hydrogen-bond acceptors (Lipinski definition) is 4. The average molecular weight is 311 g/mol. The second kappa shape index (κ2) is 5.05. The fourth-order valence-electron chi connectivity index (χ4n) is 4.16. The van der Waals surface area contributed by atoms with Gasteiger partial charge in [-0.05, 0) is 48.9 Å². The van der Waals surface area contributed by atoms with Crippen LogP contribution in [0.3, 0.4) is 0 Å². The van der Waals surface area contributed by atoms with E-state index in [1.165, 1.54) is 11.8 Å². The second-order valence-electron chi connectivity index (χ2n) is 6.44. The minimum absolute atomic E-state index is 0.0979. The summed E-state index contributed by atoms with van der Waals surface area (Å²) in [5.74, 6) is -0.241. The standard InChI is InChI=1S/C18H17NO4/c1-10(20)23-14-8-6-13(7-9-14)19-17(21)15-11-2-3-12(5-4-11)16(15)18(19)22/h2-3,6-9,11-12,15-16H,4-5H2,1H3/t11-,12-,15-,16+/m1/s1. The number of carbonyl (C=O) groups is 3. The molecule has 4 atom stereocenters. The van der Waals surface area contributed by atoms with Gasteiger partial charge in [-0.25, -0.2) is 0 Å². The molecule has 0 aromatic heterocycles. The number of rotatable bonds is 2. The highest BCUT2D eigenvalue weighted by Gasteiger charge is 2.56. The van der Waals surface area contributed by atoms with Gasteiger partial charge in [-0.3, -0.25) is 19.3 Å². The number of amides is 2. The maximum atomic E-state index is 12.8. The molecule has 0 unspecified atom stereocenters. The summed E-state index contributed by atoms with van der Waals surface area (Å²) in [5, 5.41) is 0. The molecule has 5 nitrogen and oxygen atoms in total. The molecule has 23 heavy (non-hydrogen) atoms. The number of allylic oxidation sites excluding steroid dienone is 2. The summed E-state index contributed by atoms with van der Waals surface area (Å²) in [6.07, 6.45) is 6.18. The van der Waals surface area contributed by atoms with Gasteiger partial charge < -0.3 is 4.74 Å². The third-order valence-corrected chi connectivity index (χ3v) is 5.12. The van der Waals surface area contributed by atoms with E-state index in [4.69, 9.17) is 4.74 Å². The highest BCUT2D eigenvalue weighted by molar-refractivity contribution is 6.22. The van der Waals surface area contributed by atoms with Gasteiger partial charge in [-0.2, -0.15) is 0 Å². The van der Waals surface area contributed by atoms with Gasteiger partial charge in [0.15, 0.2) is 0 Å². The molecule has 5 heteroatoms. The number of anilines is 1. The highest BCUT2D eigenvalue weighted by atomic mass is 16.5. The van der Waals surface area contributed by atoms with Crippen molar-refractivity contribution in [2.75, 3.05) is 4.90 Å². The van der Waals surface area contributed by atoms with Gasteiger partial charge in [0, 0.05) is 6.92 Å². The molecule has 3 aliphatic carbocycles. The topological polar surface area (TPSA) is 63.7 Å². The number of ether oxygens (including phenoxy) is 1. The molecule has 4 aliphatic rings. The van der Waals surface area contributed by atoms with Crippen molar-refractivity contribution in [2.45, 2.75) is 19.8 Å². The van der Waals surface area contributed by atoms with Crippen molar-refractivity contribution >= 4 is 23.5 Å². The number of esters is 1. The van der Waals surface area contributed by atoms with Crippen LogP contribution in [0.5, 0.6) is 5.75 Å². The zero-order valence-corrected chi connectivity index (χ0v) is 12.8. The lowest BCUT2D eigenvalue weighted by atomic mass is 9.63. The van der Waals surface area contributed by atoms with Crippen LogP contribution in [0.15, 0.2) is 36.4 Å². The molecular formula is C18H17NO4. The molecule has 1 heterocycles. The number of nitrogens with zero attached hydrogens (tertiary/aromatic N) is 1. The molecule has 1 saturated carbocycles. The van der Waals surface area contributed by atoms with Gasteiger partial charge in [0.25, 0.3) is 0 Å². The first kappa shape index (κ1) is 14.2. The quantitative estimate of drug-likeness (QED) is 0.364. The summed E-state index contributed by atoms with van der Waals surface area (Å²) < 4.78 is 4.99.